The number of hydrogen-bond acceptors (Lipinski definition) is 6. The van der Waals surface area contributed by atoms with Crippen LogP contribution in [0.4, 0.5) is 4.79 Å². The summed E-state index contributed by atoms with van der Waals surface area (Å²) in [6.45, 7) is 4.45. The summed E-state index contributed by atoms with van der Waals surface area (Å²) in [5.41, 5.74) is 0. The van der Waals surface area contributed by atoms with E-state index in [0.29, 0.717) is 6.54 Å². The lowest BCUT2D eigenvalue weighted by Gasteiger charge is -2.28. The average molecular weight is 336 g/mol. The van der Waals surface area contributed by atoms with Crippen LogP contribution in [0.5, 0.6) is 0 Å². The molecule has 0 aromatic heterocycles. The molecular formula is C14H22ClNO6. The van der Waals surface area contributed by atoms with Crippen LogP contribution in [0.1, 0.15) is 20.3 Å². The van der Waals surface area contributed by atoms with Crippen molar-refractivity contribution in [2.24, 2.45) is 0 Å². The number of carbonyl (C=O) groups is 1. The van der Waals surface area contributed by atoms with Crippen LogP contribution >= 0.6 is 11.6 Å². The van der Waals surface area contributed by atoms with Gasteiger partial charge in [0.2, 0.25) is 0 Å². The van der Waals surface area contributed by atoms with E-state index in [-0.39, 0.29) is 37.0 Å². The van der Waals surface area contributed by atoms with Gasteiger partial charge in [-0.15, -0.1) is 11.6 Å². The molecule has 3 fully saturated rings. The Balaban J connectivity index is 1.78. The van der Waals surface area contributed by atoms with Gasteiger partial charge in [-0.3, -0.25) is 4.90 Å². The van der Waals surface area contributed by atoms with E-state index >= 15 is 0 Å². The van der Waals surface area contributed by atoms with E-state index < -0.39 is 18.0 Å². The summed E-state index contributed by atoms with van der Waals surface area (Å²) in [5.74, 6) is -0.468. The van der Waals surface area contributed by atoms with Gasteiger partial charge in [-0.05, 0) is 20.3 Å². The van der Waals surface area contributed by atoms with Gasteiger partial charge in [-0.1, -0.05) is 0 Å². The largest absolute Gasteiger partial charge is 0.441 e. The lowest BCUT2D eigenvalue weighted by molar-refractivity contribution is -0.157. The summed E-state index contributed by atoms with van der Waals surface area (Å²) in [4.78, 5) is 13.8. The second kappa shape index (κ2) is 6.13. The monoisotopic (exact) mass is 335 g/mol. The number of hydrogen-bond donors (Lipinski definition) is 0. The Morgan fingerprint density at radius 3 is 2.82 bits per heavy atom. The Morgan fingerprint density at radius 2 is 2.14 bits per heavy atom. The third-order valence-electron chi connectivity index (χ3n) is 4.30. The summed E-state index contributed by atoms with van der Waals surface area (Å²) < 4.78 is 28.0. The van der Waals surface area contributed by atoms with Gasteiger partial charge in [0.15, 0.2) is 11.9 Å². The number of carbonyl (C=O) groups excluding carboxylic acids is 1. The molecule has 0 spiro atoms. The minimum atomic E-state index is -0.745. The maximum absolute atomic E-state index is 12.1. The van der Waals surface area contributed by atoms with Crippen molar-refractivity contribution in [3.8, 4) is 0 Å². The minimum absolute atomic E-state index is 0.139. The van der Waals surface area contributed by atoms with Gasteiger partial charge < -0.3 is 23.7 Å². The molecule has 7 nitrogen and oxygen atoms in total. The molecule has 1 amide bonds. The zero-order valence-corrected chi connectivity index (χ0v) is 13.7. The van der Waals surface area contributed by atoms with E-state index in [1.165, 1.54) is 0 Å². The molecule has 3 aliphatic rings. The molecule has 5 atom stereocenters. The number of ether oxygens (including phenoxy) is 5. The maximum Gasteiger partial charge on any atom is 0.410 e. The van der Waals surface area contributed by atoms with Crippen molar-refractivity contribution in [2.45, 2.75) is 56.5 Å². The molecule has 3 aliphatic heterocycles. The standard InChI is InChI=1S/C14H22ClNO6/c1-14(2)21-9(6-15)11(22-14)12-10-8(19-7-18-3)4-5-16(10)13(17)20-12/h8-12H,4-7H2,1-3H3/t8-,9-,10+,11+,12-/m0/s1. The molecule has 0 aromatic rings. The summed E-state index contributed by atoms with van der Waals surface area (Å²) in [6.07, 6.45) is -0.902. The van der Waals surface area contributed by atoms with Crippen molar-refractivity contribution < 1.29 is 28.5 Å². The Hall–Kier alpha value is -0.600. The quantitative estimate of drug-likeness (QED) is 0.558. The first kappa shape index (κ1) is 16.3. The summed E-state index contributed by atoms with van der Waals surface area (Å²) in [7, 11) is 1.57. The zero-order chi connectivity index (χ0) is 15.9. The summed E-state index contributed by atoms with van der Waals surface area (Å²) in [5, 5.41) is 0. The molecule has 0 aliphatic carbocycles. The Morgan fingerprint density at radius 1 is 1.36 bits per heavy atom. The average Bonchev–Trinajstić information content (AvgIpc) is 3.11. The molecular weight excluding hydrogens is 314 g/mol. The predicted octanol–water partition coefficient (Wildman–Crippen LogP) is 1.33. The van der Waals surface area contributed by atoms with Gasteiger partial charge in [0.25, 0.3) is 0 Å². The highest BCUT2D eigenvalue weighted by Gasteiger charge is 2.58. The highest BCUT2D eigenvalue weighted by atomic mass is 35.5. The first-order valence-electron chi connectivity index (χ1n) is 7.46. The number of methoxy groups -OCH3 is 1. The topological polar surface area (TPSA) is 66.5 Å². The van der Waals surface area contributed by atoms with E-state index in [1.54, 1.807) is 12.0 Å². The van der Waals surface area contributed by atoms with Crippen molar-refractivity contribution in [1.82, 2.24) is 4.90 Å². The first-order chi connectivity index (χ1) is 10.5. The highest BCUT2D eigenvalue weighted by molar-refractivity contribution is 6.18. The number of nitrogens with zero attached hydrogens (tertiary/aromatic N) is 1. The predicted molar refractivity (Wildman–Crippen MR) is 76.7 cm³/mol. The molecule has 126 valence electrons. The lowest BCUT2D eigenvalue weighted by atomic mass is 9.98. The maximum atomic E-state index is 12.1. The van der Waals surface area contributed by atoms with E-state index in [2.05, 4.69) is 0 Å². The Labute approximate surface area is 134 Å². The van der Waals surface area contributed by atoms with Crippen molar-refractivity contribution in [2.75, 3.05) is 26.3 Å². The molecule has 0 aromatic carbocycles. The molecule has 0 unspecified atom stereocenters. The smallest absolute Gasteiger partial charge is 0.410 e. The fourth-order valence-electron chi connectivity index (χ4n) is 3.50. The highest BCUT2D eigenvalue weighted by Crippen LogP contribution is 2.39. The van der Waals surface area contributed by atoms with Gasteiger partial charge in [0.1, 0.15) is 25.0 Å². The van der Waals surface area contributed by atoms with E-state index in [9.17, 15) is 4.79 Å². The molecule has 0 radical (unpaired) electrons. The van der Waals surface area contributed by atoms with E-state index in [0.717, 1.165) is 6.42 Å². The van der Waals surface area contributed by atoms with Crippen molar-refractivity contribution in [3.05, 3.63) is 0 Å². The number of cyclic esters (lactones) is 1. The van der Waals surface area contributed by atoms with Gasteiger partial charge in [0.05, 0.1) is 12.0 Å². The zero-order valence-electron chi connectivity index (χ0n) is 13.0. The number of halogens is 1. The summed E-state index contributed by atoms with van der Waals surface area (Å²) >= 11 is 6.00. The Bertz CT molecular complexity index is 434. The van der Waals surface area contributed by atoms with Crippen LogP contribution < -0.4 is 0 Å². The molecule has 0 saturated carbocycles. The molecule has 3 rings (SSSR count). The van der Waals surface area contributed by atoms with Crippen LogP contribution in [-0.4, -0.2) is 73.6 Å². The third-order valence-corrected chi connectivity index (χ3v) is 4.60. The fraction of sp³-hybridized carbons (Fsp3) is 0.929. The molecule has 0 N–H and O–H groups in total. The van der Waals surface area contributed by atoms with Crippen LogP contribution in [0.15, 0.2) is 0 Å². The van der Waals surface area contributed by atoms with E-state index in [1.807, 2.05) is 13.8 Å². The molecule has 0 bridgehead atoms. The lowest BCUT2D eigenvalue weighted by Crippen LogP contribution is -2.48. The fourth-order valence-corrected chi connectivity index (χ4v) is 3.74. The van der Waals surface area contributed by atoms with Crippen molar-refractivity contribution in [1.29, 1.82) is 0 Å². The molecule has 3 saturated heterocycles. The van der Waals surface area contributed by atoms with Gasteiger partial charge >= 0.3 is 6.09 Å². The van der Waals surface area contributed by atoms with Crippen LogP contribution in [0.2, 0.25) is 0 Å². The number of rotatable bonds is 5. The van der Waals surface area contributed by atoms with Crippen molar-refractivity contribution >= 4 is 17.7 Å². The molecule has 8 heteroatoms. The van der Waals surface area contributed by atoms with Crippen LogP contribution in [-0.2, 0) is 23.7 Å². The third kappa shape index (κ3) is 2.80. The number of amides is 1. The Kier molecular flexibility index (Phi) is 4.53. The van der Waals surface area contributed by atoms with E-state index in [4.69, 9.17) is 35.3 Å². The normalized spacial score (nSPS) is 40.1. The minimum Gasteiger partial charge on any atom is -0.441 e. The second-order valence-electron chi connectivity index (χ2n) is 6.23. The first-order valence-corrected chi connectivity index (χ1v) is 7.99. The number of alkyl halides is 1. The van der Waals surface area contributed by atoms with Gasteiger partial charge in [0, 0.05) is 13.7 Å². The van der Waals surface area contributed by atoms with Crippen LogP contribution in [0.3, 0.4) is 0 Å². The molecule has 22 heavy (non-hydrogen) atoms. The van der Waals surface area contributed by atoms with Gasteiger partial charge in [-0.2, -0.15) is 0 Å². The van der Waals surface area contributed by atoms with Gasteiger partial charge in [-0.25, -0.2) is 4.79 Å². The number of fused-ring (bicyclic) bond motifs is 1. The summed E-state index contributed by atoms with van der Waals surface area (Å²) in [6, 6.07) is -0.198. The SMILES string of the molecule is COCO[C@H]1CCN2C(=O)O[C@H]([C@@H]3OC(C)(C)O[C@H]3CCl)[C@@H]12. The van der Waals surface area contributed by atoms with Crippen LogP contribution in [0, 0.1) is 0 Å². The van der Waals surface area contributed by atoms with Crippen LogP contribution in [0.25, 0.3) is 0 Å². The second-order valence-corrected chi connectivity index (χ2v) is 6.53. The molecule has 3 heterocycles. The van der Waals surface area contributed by atoms with Crippen molar-refractivity contribution in [3.63, 3.8) is 0 Å².